The third-order valence-corrected chi connectivity index (χ3v) is 8.01. The number of carbonyl (C=O) groups is 1. The molecule has 0 fully saturated rings. The Hall–Kier alpha value is -2.95. The van der Waals surface area contributed by atoms with Gasteiger partial charge in [-0.3, -0.25) is 4.79 Å². The number of rotatable bonds is 33. The number of aliphatic hydroxyl groups is 2. The summed E-state index contributed by atoms with van der Waals surface area (Å²) in [7, 11) is 0. The van der Waals surface area contributed by atoms with Crippen molar-refractivity contribution in [2.75, 3.05) is 6.61 Å². The van der Waals surface area contributed by atoms with Crippen molar-refractivity contribution in [2.24, 2.45) is 0 Å². The van der Waals surface area contributed by atoms with Gasteiger partial charge in [0.05, 0.1) is 18.8 Å². The topological polar surface area (TPSA) is 69.6 Å². The van der Waals surface area contributed by atoms with Crippen LogP contribution in [0.1, 0.15) is 149 Å². The van der Waals surface area contributed by atoms with Gasteiger partial charge < -0.3 is 15.5 Å². The highest BCUT2D eigenvalue weighted by Gasteiger charge is 2.17. The van der Waals surface area contributed by atoms with Crippen LogP contribution in [0.3, 0.4) is 0 Å². The highest BCUT2D eigenvalue weighted by Crippen LogP contribution is 2.11. The molecule has 2 unspecified atom stereocenters. The fraction of sp³-hybridized carbons (Fsp3) is 0.578. The van der Waals surface area contributed by atoms with E-state index in [2.05, 4.69) is 116 Å². The SMILES string of the molecule is CC/C=C\C/C=C\C/C=C\C/C=C\C/C=C\C/C=C\C/C=C\C/C=C\CCCCCCCCCCC(=O)NC(CO)C(O)/C=C/CCCC. The maximum Gasteiger partial charge on any atom is 0.220 e. The monoisotopic (exact) mass is 676 g/mol. The second-order valence-electron chi connectivity index (χ2n) is 12.6. The molecule has 0 saturated heterocycles. The number of carbonyl (C=O) groups excluding carboxylic acids is 1. The first-order chi connectivity index (χ1) is 24.2. The maximum absolute atomic E-state index is 12.2. The molecule has 3 N–H and O–H groups in total. The number of aliphatic hydroxyl groups excluding tert-OH is 2. The Kier molecular flexibility index (Phi) is 37.1. The highest BCUT2D eigenvalue weighted by molar-refractivity contribution is 5.76. The van der Waals surface area contributed by atoms with Gasteiger partial charge in [0.25, 0.3) is 0 Å². The van der Waals surface area contributed by atoms with Gasteiger partial charge >= 0.3 is 0 Å². The molecule has 0 radical (unpaired) electrons. The Labute approximate surface area is 302 Å². The largest absolute Gasteiger partial charge is 0.394 e. The summed E-state index contributed by atoms with van der Waals surface area (Å²) in [4.78, 5) is 12.2. The van der Waals surface area contributed by atoms with Crippen LogP contribution in [0.15, 0.2) is 109 Å². The summed E-state index contributed by atoms with van der Waals surface area (Å²) in [5.74, 6) is -0.0894. The lowest BCUT2D eigenvalue weighted by atomic mass is 10.1. The van der Waals surface area contributed by atoms with Crippen molar-refractivity contribution < 1.29 is 15.0 Å². The van der Waals surface area contributed by atoms with Crippen molar-refractivity contribution in [3.8, 4) is 0 Å². The van der Waals surface area contributed by atoms with Gasteiger partial charge in [-0.25, -0.2) is 0 Å². The third kappa shape index (κ3) is 36.2. The van der Waals surface area contributed by atoms with Crippen LogP contribution in [0.25, 0.3) is 0 Å². The van der Waals surface area contributed by atoms with Crippen LogP contribution >= 0.6 is 0 Å². The summed E-state index contributed by atoms with van der Waals surface area (Å²) in [6.07, 6.45) is 60.9. The molecule has 0 heterocycles. The summed E-state index contributed by atoms with van der Waals surface area (Å²) in [6, 6.07) is -0.629. The Morgan fingerprint density at radius 1 is 0.510 bits per heavy atom. The number of amides is 1. The molecule has 4 nitrogen and oxygen atoms in total. The fourth-order valence-electron chi connectivity index (χ4n) is 5.00. The van der Waals surface area contributed by atoms with Gasteiger partial charge in [-0.2, -0.15) is 0 Å². The predicted octanol–water partition coefficient (Wildman–Crippen LogP) is 12.1. The van der Waals surface area contributed by atoms with E-state index in [4.69, 9.17) is 0 Å². The quantitative estimate of drug-likeness (QED) is 0.0479. The molecule has 276 valence electrons. The van der Waals surface area contributed by atoms with Crippen LogP contribution in [0.2, 0.25) is 0 Å². The van der Waals surface area contributed by atoms with Crippen molar-refractivity contribution in [2.45, 2.75) is 161 Å². The summed E-state index contributed by atoms with van der Waals surface area (Å²) in [5.41, 5.74) is 0. The minimum atomic E-state index is -0.845. The number of nitrogens with one attached hydrogen (secondary N) is 1. The summed E-state index contributed by atoms with van der Waals surface area (Å²) in [6.45, 7) is 4.02. The Morgan fingerprint density at radius 2 is 0.898 bits per heavy atom. The molecule has 0 bridgehead atoms. The molecule has 49 heavy (non-hydrogen) atoms. The van der Waals surface area contributed by atoms with Crippen LogP contribution in [0.4, 0.5) is 0 Å². The molecule has 0 aromatic heterocycles. The van der Waals surface area contributed by atoms with Crippen LogP contribution in [0.5, 0.6) is 0 Å². The summed E-state index contributed by atoms with van der Waals surface area (Å²) in [5, 5.41) is 22.5. The molecule has 0 aromatic rings. The predicted molar refractivity (Wildman–Crippen MR) is 216 cm³/mol. The average molecular weight is 676 g/mol. The van der Waals surface area contributed by atoms with Crippen molar-refractivity contribution >= 4 is 5.91 Å². The zero-order valence-electron chi connectivity index (χ0n) is 31.4. The van der Waals surface area contributed by atoms with Crippen LogP contribution in [-0.2, 0) is 4.79 Å². The average Bonchev–Trinajstić information content (AvgIpc) is 3.11. The van der Waals surface area contributed by atoms with Gasteiger partial charge in [0.1, 0.15) is 0 Å². The van der Waals surface area contributed by atoms with Crippen molar-refractivity contribution in [3.63, 3.8) is 0 Å². The molecular weight excluding hydrogens is 602 g/mol. The third-order valence-electron chi connectivity index (χ3n) is 8.01. The Balaban J connectivity index is 3.60. The van der Waals surface area contributed by atoms with Crippen LogP contribution in [-0.4, -0.2) is 34.9 Å². The lowest BCUT2D eigenvalue weighted by Crippen LogP contribution is -2.45. The van der Waals surface area contributed by atoms with E-state index in [0.717, 1.165) is 96.3 Å². The Bertz CT molecular complexity index is 995. The standard InChI is InChI=1S/C45H73NO3/c1-3-5-7-9-10-11-12-13-14-15-16-17-18-19-20-21-22-23-24-25-26-27-28-29-30-31-32-33-34-35-36-37-39-41-45(49)46-43(42-47)44(48)40-38-8-6-4-2/h5,7,10-11,13-14,16-17,19-20,22-23,25-26,28-29,38,40,43-44,47-48H,3-4,6,8-9,12,15,18,21,24,27,30-37,39,41-42H2,1-2H3,(H,46,49)/b7-5-,11-10-,14-13-,17-16-,20-19-,23-22-,26-25-,29-28-,40-38+. The van der Waals surface area contributed by atoms with E-state index in [1.54, 1.807) is 6.08 Å². The van der Waals surface area contributed by atoms with E-state index >= 15 is 0 Å². The molecular formula is C45H73NO3. The van der Waals surface area contributed by atoms with E-state index < -0.39 is 12.1 Å². The smallest absolute Gasteiger partial charge is 0.220 e. The van der Waals surface area contributed by atoms with Crippen LogP contribution < -0.4 is 5.32 Å². The zero-order chi connectivity index (χ0) is 35.7. The molecule has 1 amide bonds. The van der Waals surface area contributed by atoms with Gasteiger partial charge in [-0.15, -0.1) is 0 Å². The second-order valence-corrected chi connectivity index (χ2v) is 12.6. The molecule has 0 aromatic carbocycles. The van der Waals surface area contributed by atoms with E-state index in [0.29, 0.717) is 6.42 Å². The molecule has 0 saturated carbocycles. The highest BCUT2D eigenvalue weighted by atomic mass is 16.3. The molecule has 0 aliphatic heterocycles. The van der Waals surface area contributed by atoms with Gasteiger partial charge in [0.2, 0.25) is 5.91 Å². The Morgan fingerprint density at radius 3 is 1.33 bits per heavy atom. The van der Waals surface area contributed by atoms with Crippen LogP contribution in [0, 0.1) is 0 Å². The summed E-state index contributed by atoms with van der Waals surface area (Å²) >= 11 is 0. The normalized spacial score (nSPS) is 14.3. The first-order valence-corrected chi connectivity index (χ1v) is 19.6. The molecule has 0 aliphatic rings. The van der Waals surface area contributed by atoms with Crippen molar-refractivity contribution in [1.29, 1.82) is 0 Å². The fourth-order valence-corrected chi connectivity index (χ4v) is 5.00. The van der Waals surface area contributed by atoms with E-state index in [1.807, 2.05) is 6.08 Å². The summed E-state index contributed by atoms with van der Waals surface area (Å²) < 4.78 is 0. The first kappa shape index (κ1) is 46.0. The lowest BCUT2D eigenvalue weighted by molar-refractivity contribution is -0.123. The lowest BCUT2D eigenvalue weighted by Gasteiger charge is -2.19. The van der Waals surface area contributed by atoms with E-state index in [1.165, 1.54) is 32.1 Å². The maximum atomic E-state index is 12.2. The van der Waals surface area contributed by atoms with Gasteiger partial charge in [-0.1, -0.05) is 175 Å². The second kappa shape index (κ2) is 39.5. The van der Waals surface area contributed by atoms with Gasteiger partial charge in [-0.05, 0) is 77.0 Å². The minimum Gasteiger partial charge on any atom is -0.394 e. The van der Waals surface area contributed by atoms with Crippen molar-refractivity contribution in [3.05, 3.63) is 109 Å². The first-order valence-electron chi connectivity index (χ1n) is 19.6. The number of unbranched alkanes of at least 4 members (excludes halogenated alkanes) is 10. The molecule has 0 spiro atoms. The number of allylic oxidation sites excluding steroid dienone is 17. The van der Waals surface area contributed by atoms with E-state index in [9.17, 15) is 15.0 Å². The minimum absolute atomic E-state index is 0.0894. The molecule has 0 aliphatic carbocycles. The van der Waals surface area contributed by atoms with Gasteiger partial charge in [0.15, 0.2) is 0 Å². The number of hydrogen-bond donors (Lipinski definition) is 3. The van der Waals surface area contributed by atoms with Crippen molar-refractivity contribution in [1.82, 2.24) is 5.32 Å². The molecule has 4 heteroatoms. The number of hydrogen-bond acceptors (Lipinski definition) is 3. The molecule has 2 atom stereocenters. The molecule has 0 rings (SSSR count). The van der Waals surface area contributed by atoms with Gasteiger partial charge in [0, 0.05) is 6.42 Å². The zero-order valence-corrected chi connectivity index (χ0v) is 31.4. The van der Waals surface area contributed by atoms with E-state index in [-0.39, 0.29) is 12.5 Å².